The Labute approximate surface area is 111 Å². The molecule has 2 rings (SSSR count). The van der Waals surface area contributed by atoms with Crippen molar-refractivity contribution in [2.45, 2.75) is 13.2 Å². The summed E-state index contributed by atoms with van der Waals surface area (Å²) in [6.07, 6.45) is 1.44. The summed E-state index contributed by atoms with van der Waals surface area (Å²) in [4.78, 5) is 7.91. The van der Waals surface area contributed by atoms with Gasteiger partial charge in [-0.05, 0) is 11.1 Å². The van der Waals surface area contributed by atoms with Crippen molar-refractivity contribution in [3.8, 4) is 0 Å². The normalized spacial score (nSPS) is 10.3. The Morgan fingerprint density at radius 1 is 1.22 bits per heavy atom. The fourth-order valence-corrected chi connectivity index (χ4v) is 1.77. The molecule has 1 aromatic carbocycles. The lowest BCUT2D eigenvalue weighted by molar-refractivity contribution is 0.185. The van der Waals surface area contributed by atoms with E-state index < -0.39 is 0 Å². The number of aromatic nitrogens is 2. The van der Waals surface area contributed by atoms with Gasteiger partial charge in [-0.25, -0.2) is 9.97 Å². The maximum absolute atomic E-state index is 5.79. The van der Waals surface area contributed by atoms with Gasteiger partial charge in [-0.15, -0.1) is 0 Å². The van der Waals surface area contributed by atoms with Crippen LogP contribution in [0.5, 0.6) is 0 Å². The summed E-state index contributed by atoms with van der Waals surface area (Å²) in [6.45, 7) is 1.30. The van der Waals surface area contributed by atoms with Crippen LogP contribution in [0.4, 0.5) is 5.82 Å². The highest BCUT2D eigenvalue weighted by Gasteiger charge is 1.98. The minimum atomic E-state index is 0.431. The molecular formula is C13H14ClN3O. The molecule has 0 saturated carbocycles. The number of nitrogens with zero attached hydrogens (tertiary/aromatic N) is 2. The quantitative estimate of drug-likeness (QED) is 0.843. The van der Waals surface area contributed by atoms with Crippen LogP contribution in [0.3, 0.4) is 0 Å². The van der Waals surface area contributed by atoms with Gasteiger partial charge >= 0.3 is 0 Å². The van der Waals surface area contributed by atoms with Crippen LogP contribution in [0, 0.1) is 0 Å². The first-order valence-electron chi connectivity index (χ1n) is 5.56. The van der Waals surface area contributed by atoms with Gasteiger partial charge in [0.05, 0.1) is 6.61 Å². The number of benzene rings is 1. The molecule has 0 aliphatic carbocycles. The number of halogens is 1. The van der Waals surface area contributed by atoms with E-state index >= 15 is 0 Å². The molecule has 18 heavy (non-hydrogen) atoms. The van der Waals surface area contributed by atoms with Crippen molar-refractivity contribution in [1.82, 2.24) is 9.97 Å². The molecule has 0 saturated heterocycles. The van der Waals surface area contributed by atoms with Gasteiger partial charge in [0.25, 0.3) is 0 Å². The van der Waals surface area contributed by atoms with Gasteiger partial charge < -0.3 is 10.1 Å². The molecule has 2 aromatic rings. The van der Waals surface area contributed by atoms with Crippen molar-refractivity contribution in [3.05, 3.63) is 52.9 Å². The van der Waals surface area contributed by atoms with Gasteiger partial charge in [0.2, 0.25) is 0 Å². The van der Waals surface area contributed by atoms with Crippen molar-refractivity contribution >= 4 is 17.4 Å². The summed E-state index contributed by atoms with van der Waals surface area (Å²) in [5.41, 5.74) is 2.32. The van der Waals surface area contributed by atoms with Gasteiger partial charge in [-0.3, -0.25) is 0 Å². The predicted molar refractivity (Wildman–Crippen MR) is 71.5 cm³/mol. The summed E-state index contributed by atoms with van der Waals surface area (Å²) in [6, 6.07) is 9.89. The van der Waals surface area contributed by atoms with Crippen molar-refractivity contribution < 1.29 is 4.74 Å². The molecule has 0 radical (unpaired) electrons. The average Bonchev–Trinajstić information content (AvgIpc) is 2.37. The molecule has 0 bridgehead atoms. The minimum Gasteiger partial charge on any atom is -0.380 e. The van der Waals surface area contributed by atoms with Gasteiger partial charge in [0.1, 0.15) is 17.3 Å². The Morgan fingerprint density at radius 3 is 2.83 bits per heavy atom. The zero-order chi connectivity index (χ0) is 12.8. The zero-order valence-electron chi connectivity index (χ0n) is 10.1. The number of ether oxygens (including phenoxy) is 1. The molecule has 0 unspecified atom stereocenters. The van der Waals surface area contributed by atoms with Crippen LogP contribution in [-0.2, 0) is 17.9 Å². The second-order valence-electron chi connectivity index (χ2n) is 3.83. The second-order valence-corrected chi connectivity index (χ2v) is 4.22. The van der Waals surface area contributed by atoms with E-state index in [1.165, 1.54) is 11.9 Å². The van der Waals surface area contributed by atoms with Gasteiger partial charge in [-0.2, -0.15) is 0 Å². The Morgan fingerprint density at radius 2 is 2.06 bits per heavy atom. The molecule has 0 amide bonds. The van der Waals surface area contributed by atoms with E-state index in [9.17, 15) is 0 Å². The summed E-state index contributed by atoms with van der Waals surface area (Å²) in [5.74, 6) is 0.715. The van der Waals surface area contributed by atoms with E-state index in [0.717, 1.165) is 5.56 Å². The molecule has 0 aliphatic heterocycles. The Hall–Kier alpha value is -1.65. The molecule has 1 N–H and O–H groups in total. The Bertz CT molecular complexity index is 519. The predicted octanol–water partition coefficient (Wildman–Crippen LogP) is 2.89. The third kappa shape index (κ3) is 3.68. The van der Waals surface area contributed by atoms with E-state index in [4.69, 9.17) is 16.3 Å². The highest BCUT2D eigenvalue weighted by atomic mass is 35.5. The van der Waals surface area contributed by atoms with Gasteiger partial charge in [-0.1, -0.05) is 35.9 Å². The van der Waals surface area contributed by atoms with Crippen LogP contribution in [0.2, 0.25) is 5.15 Å². The van der Waals surface area contributed by atoms with E-state index in [1.807, 2.05) is 12.1 Å². The average molecular weight is 264 g/mol. The summed E-state index contributed by atoms with van der Waals surface area (Å²) in [5, 5.41) is 3.63. The summed E-state index contributed by atoms with van der Waals surface area (Å²) in [7, 11) is 1.69. The second kappa shape index (κ2) is 6.33. The first-order chi connectivity index (χ1) is 8.78. The maximum atomic E-state index is 5.79. The summed E-state index contributed by atoms with van der Waals surface area (Å²) < 4.78 is 5.10. The topological polar surface area (TPSA) is 47.0 Å². The first kappa shape index (κ1) is 12.8. The zero-order valence-corrected chi connectivity index (χ0v) is 10.8. The number of hydrogen-bond acceptors (Lipinski definition) is 4. The van der Waals surface area contributed by atoms with Crippen molar-refractivity contribution in [3.63, 3.8) is 0 Å². The minimum absolute atomic E-state index is 0.431. The third-order valence-electron chi connectivity index (χ3n) is 2.41. The van der Waals surface area contributed by atoms with E-state index in [-0.39, 0.29) is 0 Å². The number of rotatable bonds is 5. The standard InChI is InChI=1S/C13H14ClN3O/c1-18-8-11-4-2-3-10(5-11)7-15-13-6-12(14)16-9-17-13/h2-6,9H,7-8H2,1H3,(H,15,16,17). The van der Waals surface area contributed by atoms with Crippen molar-refractivity contribution in [2.24, 2.45) is 0 Å². The lowest BCUT2D eigenvalue weighted by atomic mass is 10.1. The molecular weight excluding hydrogens is 250 g/mol. The van der Waals surface area contributed by atoms with Crippen LogP contribution in [-0.4, -0.2) is 17.1 Å². The van der Waals surface area contributed by atoms with E-state index in [2.05, 4.69) is 27.4 Å². The van der Waals surface area contributed by atoms with Crippen molar-refractivity contribution in [2.75, 3.05) is 12.4 Å². The number of anilines is 1. The van der Waals surface area contributed by atoms with Crippen LogP contribution >= 0.6 is 11.6 Å². The molecule has 0 fully saturated rings. The Kier molecular flexibility index (Phi) is 4.50. The molecule has 0 spiro atoms. The van der Waals surface area contributed by atoms with E-state index in [1.54, 1.807) is 13.2 Å². The molecule has 4 nitrogen and oxygen atoms in total. The highest BCUT2D eigenvalue weighted by Crippen LogP contribution is 2.11. The SMILES string of the molecule is COCc1cccc(CNc2cc(Cl)ncn2)c1. The van der Waals surface area contributed by atoms with Crippen LogP contribution in [0.15, 0.2) is 36.7 Å². The van der Waals surface area contributed by atoms with Gasteiger partial charge in [0.15, 0.2) is 0 Å². The maximum Gasteiger partial charge on any atom is 0.134 e. The lowest BCUT2D eigenvalue weighted by Gasteiger charge is -2.07. The smallest absolute Gasteiger partial charge is 0.134 e. The van der Waals surface area contributed by atoms with Crippen LogP contribution < -0.4 is 5.32 Å². The molecule has 0 atom stereocenters. The largest absolute Gasteiger partial charge is 0.380 e. The third-order valence-corrected chi connectivity index (χ3v) is 2.62. The number of methoxy groups -OCH3 is 1. The lowest BCUT2D eigenvalue weighted by Crippen LogP contribution is -2.02. The molecule has 94 valence electrons. The van der Waals surface area contributed by atoms with Crippen molar-refractivity contribution in [1.29, 1.82) is 0 Å². The number of nitrogens with one attached hydrogen (secondary N) is 1. The van der Waals surface area contributed by atoms with Crippen LogP contribution in [0.25, 0.3) is 0 Å². The molecule has 1 heterocycles. The molecule has 1 aromatic heterocycles. The van der Waals surface area contributed by atoms with Crippen LogP contribution in [0.1, 0.15) is 11.1 Å². The first-order valence-corrected chi connectivity index (χ1v) is 5.94. The monoisotopic (exact) mass is 263 g/mol. The Balaban J connectivity index is 1.99. The number of hydrogen-bond donors (Lipinski definition) is 1. The fourth-order valence-electron chi connectivity index (χ4n) is 1.62. The molecule has 5 heteroatoms. The molecule has 0 aliphatic rings. The summed E-state index contributed by atoms with van der Waals surface area (Å²) >= 11 is 5.79. The van der Waals surface area contributed by atoms with Gasteiger partial charge in [0, 0.05) is 19.7 Å². The van der Waals surface area contributed by atoms with E-state index in [0.29, 0.717) is 24.1 Å². The fraction of sp³-hybridized carbons (Fsp3) is 0.231. The highest BCUT2D eigenvalue weighted by molar-refractivity contribution is 6.29.